The minimum atomic E-state index is -0.592. The molecule has 1 aromatic heterocycles. The second kappa shape index (κ2) is 7.21. The minimum Gasteiger partial charge on any atom is -0.423 e. The van der Waals surface area contributed by atoms with Gasteiger partial charge in [-0.15, -0.1) is 10.2 Å². The highest BCUT2D eigenvalue weighted by Crippen LogP contribution is 2.28. The van der Waals surface area contributed by atoms with E-state index in [1.165, 1.54) is 18.5 Å². The Balaban J connectivity index is 1.74. The van der Waals surface area contributed by atoms with Gasteiger partial charge in [0.2, 0.25) is 12.3 Å². The van der Waals surface area contributed by atoms with Crippen LogP contribution in [0.5, 0.6) is 0 Å². The molecule has 1 amide bonds. The van der Waals surface area contributed by atoms with Gasteiger partial charge in [-0.2, -0.15) is 0 Å². The van der Waals surface area contributed by atoms with Crippen molar-refractivity contribution in [2.45, 2.75) is 13.0 Å². The number of hydrogen-bond acceptors (Lipinski definition) is 4. The van der Waals surface area contributed by atoms with Crippen molar-refractivity contribution < 1.29 is 13.6 Å². The molecule has 128 valence electrons. The first kappa shape index (κ1) is 17.4. The average Bonchev–Trinajstić information content (AvgIpc) is 3.12. The standard InChI is InChI=1S/C17H12Cl2FN3O2/c1-9(12-6-15(20)14(19)7-13(12)18)22-16(24)10-2-4-11(5-3-10)17-23-21-8-25-17/h2-9H,1H3,(H,22,24)/t9-/m1/s1. The molecule has 1 heterocycles. The van der Waals surface area contributed by atoms with Crippen LogP contribution >= 0.6 is 23.2 Å². The number of carbonyl (C=O) groups excluding carboxylic acids is 1. The first-order valence-corrected chi connectivity index (χ1v) is 8.03. The lowest BCUT2D eigenvalue weighted by Gasteiger charge is -2.16. The van der Waals surface area contributed by atoms with Crippen LogP contribution in [0.25, 0.3) is 11.5 Å². The fourth-order valence-electron chi connectivity index (χ4n) is 2.29. The Labute approximate surface area is 152 Å². The molecule has 0 radical (unpaired) electrons. The van der Waals surface area contributed by atoms with E-state index in [2.05, 4.69) is 15.5 Å². The molecule has 0 fully saturated rings. The third-order valence-electron chi connectivity index (χ3n) is 3.61. The van der Waals surface area contributed by atoms with Gasteiger partial charge in [0.25, 0.3) is 5.91 Å². The molecular weight excluding hydrogens is 368 g/mol. The molecule has 1 atom stereocenters. The molecule has 0 saturated carbocycles. The lowest BCUT2D eigenvalue weighted by atomic mass is 10.1. The predicted molar refractivity (Wildman–Crippen MR) is 92.0 cm³/mol. The van der Waals surface area contributed by atoms with Gasteiger partial charge in [0.05, 0.1) is 11.1 Å². The van der Waals surface area contributed by atoms with E-state index in [0.717, 1.165) is 0 Å². The van der Waals surface area contributed by atoms with Gasteiger partial charge in [-0.1, -0.05) is 23.2 Å². The van der Waals surface area contributed by atoms with Crippen LogP contribution in [0.15, 0.2) is 47.2 Å². The van der Waals surface area contributed by atoms with Gasteiger partial charge in [0.15, 0.2) is 0 Å². The number of amides is 1. The smallest absolute Gasteiger partial charge is 0.251 e. The highest BCUT2D eigenvalue weighted by atomic mass is 35.5. The molecule has 0 saturated heterocycles. The summed E-state index contributed by atoms with van der Waals surface area (Å²) in [5, 5.41) is 10.4. The molecule has 0 aliphatic rings. The number of halogens is 3. The van der Waals surface area contributed by atoms with Crippen molar-refractivity contribution in [3.8, 4) is 11.5 Å². The Morgan fingerprint density at radius 3 is 2.56 bits per heavy atom. The normalized spacial score (nSPS) is 12.0. The van der Waals surface area contributed by atoms with Crippen molar-refractivity contribution in [1.29, 1.82) is 0 Å². The van der Waals surface area contributed by atoms with Gasteiger partial charge < -0.3 is 9.73 Å². The minimum absolute atomic E-state index is 0.0658. The molecule has 0 aliphatic carbocycles. The van der Waals surface area contributed by atoms with Gasteiger partial charge in [-0.05, 0) is 48.9 Å². The van der Waals surface area contributed by atoms with Crippen LogP contribution < -0.4 is 5.32 Å². The summed E-state index contributed by atoms with van der Waals surface area (Å²) in [7, 11) is 0. The van der Waals surface area contributed by atoms with Crippen LogP contribution in [0.3, 0.4) is 0 Å². The zero-order valence-corrected chi connectivity index (χ0v) is 14.5. The fourth-order valence-corrected chi connectivity index (χ4v) is 2.84. The molecule has 3 aromatic rings. The van der Waals surface area contributed by atoms with Crippen LogP contribution in [-0.2, 0) is 0 Å². The van der Waals surface area contributed by atoms with Crippen molar-refractivity contribution >= 4 is 29.1 Å². The Bertz CT molecular complexity index is 899. The van der Waals surface area contributed by atoms with Crippen LogP contribution in [0.1, 0.15) is 28.9 Å². The second-order valence-electron chi connectivity index (χ2n) is 5.30. The number of carbonyl (C=O) groups is 1. The van der Waals surface area contributed by atoms with Crippen LogP contribution in [0.4, 0.5) is 4.39 Å². The molecule has 0 spiro atoms. The number of rotatable bonds is 4. The highest BCUT2D eigenvalue weighted by molar-refractivity contribution is 6.35. The van der Waals surface area contributed by atoms with Gasteiger partial charge >= 0.3 is 0 Å². The number of nitrogens with zero attached hydrogens (tertiary/aromatic N) is 2. The summed E-state index contributed by atoms with van der Waals surface area (Å²) in [5.74, 6) is -0.550. The summed E-state index contributed by atoms with van der Waals surface area (Å²) in [5.41, 5.74) is 1.57. The van der Waals surface area contributed by atoms with Gasteiger partial charge in [-0.3, -0.25) is 4.79 Å². The lowest BCUT2D eigenvalue weighted by Crippen LogP contribution is -2.26. The van der Waals surface area contributed by atoms with E-state index >= 15 is 0 Å². The topological polar surface area (TPSA) is 68.0 Å². The van der Waals surface area contributed by atoms with Crippen molar-refractivity contribution in [3.05, 3.63) is 69.8 Å². The van der Waals surface area contributed by atoms with Crippen molar-refractivity contribution in [1.82, 2.24) is 15.5 Å². The fraction of sp³-hybridized carbons (Fsp3) is 0.118. The molecule has 5 nitrogen and oxygen atoms in total. The number of nitrogens with one attached hydrogen (secondary N) is 1. The quantitative estimate of drug-likeness (QED) is 0.668. The average molecular weight is 380 g/mol. The first-order valence-electron chi connectivity index (χ1n) is 7.27. The zero-order chi connectivity index (χ0) is 18.0. The van der Waals surface area contributed by atoms with Gasteiger partial charge in [0.1, 0.15) is 5.82 Å². The van der Waals surface area contributed by atoms with Crippen molar-refractivity contribution in [2.75, 3.05) is 0 Å². The molecule has 25 heavy (non-hydrogen) atoms. The molecule has 1 N–H and O–H groups in total. The van der Waals surface area contributed by atoms with E-state index in [4.69, 9.17) is 27.6 Å². The summed E-state index contributed by atoms with van der Waals surface area (Å²) in [6.45, 7) is 1.71. The van der Waals surface area contributed by atoms with E-state index in [0.29, 0.717) is 22.6 Å². The summed E-state index contributed by atoms with van der Waals surface area (Å²) in [6.07, 6.45) is 1.23. The summed E-state index contributed by atoms with van der Waals surface area (Å²) in [6, 6.07) is 8.69. The predicted octanol–water partition coefficient (Wildman–Crippen LogP) is 4.67. The van der Waals surface area contributed by atoms with Crippen LogP contribution in [-0.4, -0.2) is 16.1 Å². The molecule has 2 aromatic carbocycles. The van der Waals surface area contributed by atoms with Crippen molar-refractivity contribution in [3.63, 3.8) is 0 Å². The first-order chi connectivity index (χ1) is 12.0. The number of aromatic nitrogens is 2. The van der Waals surface area contributed by atoms with Gasteiger partial charge in [0, 0.05) is 16.1 Å². The molecular formula is C17H12Cl2FN3O2. The van der Waals surface area contributed by atoms with E-state index < -0.39 is 11.9 Å². The van der Waals surface area contributed by atoms with E-state index in [1.54, 1.807) is 31.2 Å². The Morgan fingerprint density at radius 2 is 1.92 bits per heavy atom. The maximum absolute atomic E-state index is 13.6. The molecule has 0 bridgehead atoms. The molecule has 8 heteroatoms. The zero-order valence-electron chi connectivity index (χ0n) is 13.0. The third-order valence-corrected chi connectivity index (χ3v) is 4.22. The van der Waals surface area contributed by atoms with Crippen molar-refractivity contribution in [2.24, 2.45) is 0 Å². The molecule has 0 unspecified atom stereocenters. The highest BCUT2D eigenvalue weighted by Gasteiger charge is 2.16. The van der Waals surface area contributed by atoms with Crippen LogP contribution in [0, 0.1) is 5.82 Å². The monoisotopic (exact) mass is 379 g/mol. The van der Waals surface area contributed by atoms with Crippen LogP contribution in [0.2, 0.25) is 10.0 Å². The third kappa shape index (κ3) is 3.81. The largest absolute Gasteiger partial charge is 0.423 e. The summed E-state index contributed by atoms with van der Waals surface area (Å²) in [4.78, 5) is 12.4. The summed E-state index contributed by atoms with van der Waals surface area (Å²) >= 11 is 11.8. The molecule has 0 aliphatic heterocycles. The molecule has 3 rings (SSSR count). The van der Waals surface area contributed by atoms with Gasteiger partial charge in [-0.25, -0.2) is 4.39 Å². The second-order valence-corrected chi connectivity index (χ2v) is 6.12. The van der Waals surface area contributed by atoms with E-state index in [9.17, 15) is 9.18 Å². The Hall–Kier alpha value is -2.44. The summed E-state index contributed by atoms with van der Waals surface area (Å²) < 4.78 is 18.7. The number of benzene rings is 2. The SMILES string of the molecule is C[C@@H](NC(=O)c1ccc(-c2nnco2)cc1)c1cc(F)c(Cl)cc1Cl. The Morgan fingerprint density at radius 1 is 1.20 bits per heavy atom. The maximum atomic E-state index is 13.6. The van der Waals surface area contributed by atoms with E-state index in [1.807, 2.05) is 0 Å². The maximum Gasteiger partial charge on any atom is 0.251 e. The Kier molecular flexibility index (Phi) is 5.01. The lowest BCUT2D eigenvalue weighted by molar-refractivity contribution is 0.0940. The number of hydrogen-bond donors (Lipinski definition) is 1. The van der Waals surface area contributed by atoms with E-state index in [-0.39, 0.29) is 16.0 Å².